The number of nitro groups is 1. The molecule has 2 N–H and O–H groups in total. The summed E-state index contributed by atoms with van der Waals surface area (Å²) in [6, 6.07) is 9.38. The first-order valence-corrected chi connectivity index (χ1v) is 9.27. The van der Waals surface area contributed by atoms with Crippen LogP contribution in [0.5, 0.6) is 11.6 Å². The molecule has 3 aromatic rings. The highest BCUT2D eigenvalue weighted by Gasteiger charge is 2.26. The van der Waals surface area contributed by atoms with E-state index < -0.39 is 16.5 Å². The molecule has 0 aliphatic heterocycles. The lowest BCUT2D eigenvalue weighted by molar-refractivity contribution is -0.385. The Hall–Kier alpha value is -3.43. The van der Waals surface area contributed by atoms with Crippen molar-refractivity contribution >= 4 is 40.6 Å². The average Bonchev–Trinajstić information content (AvgIpc) is 2.70. The van der Waals surface area contributed by atoms with Gasteiger partial charge in [-0.05, 0) is 61.4 Å². The lowest BCUT2D eigenvalue weighted by Crippen LogP contribution is -2.30. The van der Waals surface area contributed by atoms with Gasteiger partial charge in [0.1, 0.15) is 12.1 Å². The van der Waals surface area contributed by atoms with Gasteiger partial charge in [-0.2, -0.15) is 4.98 Å². The molecule has 0 aliphatic rings. The Morgan fingerprint density at radius 3 is 2.33 bits per heavy atom. The SMILES string of the molecule is Cc1cc(Oc2ncnc(NNC(=O)c3ccc(Cl)cc3)c2[N+](=O)[O-])cc(C)c1Cl. The highest BCUT2D eigenvalue weighted by molar-refractivity contribution is 6.32. The topological polar surface area (TPSA) is 119 Å². The number of ether oxygens (including phenoxy) is 1. The summed E-state index contributed by atoms with van der Waals surface area (Å²) in [5.74, 6) is -0.743. The Balaban J connectivity index is 1.85. The normalized spacial score (nSPS) is 10.4. The molecule has 0 fully saturated rings. The van der Waals surface area contributed by atoms with E-state index in [1.165, 1.54) is 12.1 Å². The third kappa shape index (κ3) is 4.76. The van der Waals surface area contributed by atoms with Crippen LogP contribution in [0.25, 0.3) is 0 Å². The Bertz CT molecular complexity index is 1100. The summed E-state index contributed by atoms with van der Waals surface area (Å²) in [6.45, 7) is 3.58. The van der Waals surface area contributed by atoms with Crippen LogP contribution in [0.3, 0.4) is 0 Å². The van der Waals surface area contributed by atoms with Gasteiger partial charge in [-0.3, -0.25) is 25.8 Å². The summed E-state index contributed by atoms with van der Waals surface area (Å²) in [7, 11) is 0. The minimum atomic E-state index is -0.707. The molecule has 1 aromatic heterocycles. The Morgan fingerprint density at radius 2 is 1.73 bits per heavy atom. The van der Waals surface area contributed by atoms with Gasteiger partial charge in [-0.1, -0.05) is 23.2 Å². The number of amides is 1. The van der Waals surface area contributed by atoms with Crippen LogP contribution in [-0.4, -0.2) is 20.8 Å². The quantitative estimate of drug-likeness (QED) is 0.408. The number of hydrogen-bond acceptors (Lipinski definition) is 7. The van der Waals surface area contributed by atoms with Crippen LogP contribution < -0.4 is 15.6 Å². The maximum Gasteiger partial charge on any atom is 0.374 e. The number of hydrogen-bond donors (Lipinski definition) is 2. The van der Waals surface area contributed by atoms with E-state index in [0.717, 1.165) is 17.5 Å². The Morgan fingerprint density at radius 1 is 1.10 bits per heavy atom. The second-order valence-electron chi connectivity index (χ2n) is 6.19. The lowest BCUT2D eigenvalue weighted by atomic mass is 10.1. The summed E-state index contributed by atoms with van der Waals surface area (Å²) in [5.41, 5.74) is 6.04. The molecular formula is C19H15Cl2N5O4. The van der Waals surface area contributed by atoms with Gasteiger partial charge in [0.05, 0.1) is 4.92 Å². The van der Waals surface area contributed by atoms with Crippen LogP contribution in [0.15, 0.2) is 42.7 Å². The fraction of sp³-hybridized carbons (Fsp3) is 0.105. The summed E-state index contributed by atoms with van der Waals surface area (Å²) >= 11 is 11.9. The second-order valence-corrected chi connectivity index (χ2v) is 7.01. The van der Waals surface area contributed by atoms with Crippen molar-refractivity contribution < 1.29 is 14.5 Å². The molecule has 0 bridgehead atoms. The van der Waals surface area contributed by atoms with E-state index in [-0.39, 0.29) is 11.7 Å². The molecule has 0 atom stereocenters. The van der Waals surface area contributed by atoms with Crippen molar-refractivity contribution in [2.45, 2.75) is 13.8 Å². The lowest BCUT2D eigenvalue weighted by Gasteiger charge is -2.11. The maximum absolute atomic E-state index is 12.2. The molecule has 2 aromatic carbocycles. The molecule has 0 saturated heterocycles. The monoisotopic (exact) mass is 447 g/mol. The number of nitrogens with one attached hydrogen (secondary N) is 2. The third-order valence-corrected chi connectivity index (χ3v) is 4.84. The van der Waals surface area contributed by atoms with Crippen molar-refractivity contribution in [1.29, 1.82) is 0 Å². The first-order valence-electron chi connectivity index (χ1n) is 8.52. The van der Waals surface area contributed by atoms with E-state index >= 15 is 0 Å². The number of nitrogens with zero attached hydrogens (tertiary/aromatic N) is 3. The number of hydrazine groups is 1. The van der Waals surface area contributed by atoms with E-state index in [1.807, 2.05) is 0 Å². The van der Waals surface area contributed by atoms with Gasteiger partial charge < -0.3 is 4.74 Å². The van der Waals surface area contributed by atoms with Gasteiger partial charge >= 0.3 is 11.6 Å². The van der Waals surface area contributed by atoms with Crippen LogP contribution in [0.2, 0.25) is 10.0 Å². The Labute approximate surface area is 181 Å². The van der Waals surface area contributed by atoms with Crippen molar-refractivity contribution in [3.05, 3.63) is 79.6 Å². The van der Waals surface area contributed by atoms with Crippen LogP contribution in [0.1, 0.15) is 21.5 Å². The first-order chi connectivity index (χ1) is 14.3. The van der Waals surface area contributed by atoms with Gasteiger partial charge in [0.2, 0.25) is 5.82 Å². The van der Waals surface area contributed by atoms with Gasteiger partial charge in [0.15, 0.2) is 0 Å². The van der Waals surface area contributed by atoms with E-state index in [4.69, 9.17) is 27.9 Å². The summed E-state index contributed by atoms with van der Waals surface area (Å²) in [4.78, 5) is 30.8. The molecular weight excluding hydrogens is 433 g/mol. The van der Waals surface area contributed by atoms with Crippen LogP contribution in [0.4, 0.5) is 11.5 Å². The zero-order valence-electron chi connectivity index (χ0n) is 15.8. The van der Waals surface area contributed by atoms with Crippen molar-refractivity contribution in [1.82, 2.24) is 15.4 Å². The fourth-order valence-corrected chi connectivity index (χ4v) is 2.79. The molecule has 3 rings (SSSR count). The smallest absolute Gasteiger partial charge is 0.374 e. The van der Waals surface area contributed by atoms with Crippen molar-refractivity contribution in [2.24, 2.45) is 0 Å². The summed E-state index contributed by atoms with van der Waals surface area (Å²) in [6.07, 6.45) is 1.08. The minimum Gasteiger partial charge on any atom is -0.434 e. The number of halogens is 2. The van der Waals surface area contributed by atoms with Gasteiger partial charge in [-0.25, -0.2) is 4.98 Å². The zero-order valence-corrected chi connectivity index (χ0v) is 17.3. The average molecular weight is 448 g/mol. The molecule has 11 heteroatoms. The predicted molar refractivity (Wildman–Crippen MR) is 112 cm³/mol. The summed E-state index contributed by atoms with van der Waals surface area (Å²) < 4.78 is 5.61. The number of aromatic nitrogens is 2. The highest BCUT2D eigenvalue weighted by atomic mass is 35.5. The van der Waals surface area contributed by atoms with Gasteiger partial charge in [0, 0.05) is 15.6 Å². The fourth-order valence-electron chi connectivity index (χ4n) is 2.56. The largest absolute Gasteiger partial charge is 0.434 e. The number of aryl methyl sites for hydroxylation is 2. The van der Waals surface area contributed by atoms with Gasteiger partial charge in [0.25, 0.3) is 5.91 Å². The first kappa shape index (κ1) is 21.3. The molecule has 1 amide bonds. The Kier molecular flexibility index (Phi) is 6.34. The third-order valence-electron chi connectivity index (χ3n) is 4.00. The molecule has 9 nitrogen and oxygen atoms in total. The molecule has 30 heavy (non-hydrogen) atoms. The van der Waals surface area contributed by atoms with E-state index in [1.54, 1.807) is 38.1 Å². The highest BCUT2D eigenvalue weighted by Crippen LogP contribution is 2.35. The van der Waals surface area contributed by atoms with Crippen LogP contribution >= 0.6 is 23.2 Å². The van der Waals surface area contributed by atoms with E-state index in [9.17, 15) is 14.9 Å². The second kappa shape index (κ2) is 8.93. The molecule has 1 heterocycles. The molecule has 0 saturated carbocycles. The molecule has 0 unspecified atom stereocenters. The maximum atomic E-state index is 12.2. The number of carbonyl (C=O) groups is 1. The molecule has 0 radical (unpaired) electrons. The molecule has 0 aliphatic carbocycles. The number of carbonyl (C=O) groups excluding carboxylic acids is 1. The van der Waals surface area contributed by atoms with E-state index in [2.05, 4.69) is 20.8 Å². The van der Waals surface area contributed by atoms with Crippen molar-refractivity contribution in [3.63, 3.8) is 0 Å². The van der Waals surface area contributed by atoms with E-state index in [0.29, 0.717) is 21.4 Å². The van der Waals surface area contributed by atoms with Crippen molar-refractivity contribution in [3.8, 4) is 11.6 Å². The minimum absolute atomic E-state index is 0.241. The predicted octanol–water partition coefficient (Wildman–Crippen LogP) is 4.86. The zero-order chi connectivity index (χ0) is 21.8. The summed E-state index contributed by atoms with van der Waals surface area (Å²) in [5, 5.41) is 12.7. The number of anilines is 1. The number of rotatable bonds is 6. The van der Waals surface area contributed by atoms with Gasteiger partial charge in [-0.15, -0.1) is 0 Å². The molecule has 0 spiro atoms. The number of benzene rings is 2. The van der Waals surface area contributed by atoms with Crippen LogP contribution in [0, 0.1) is 24.0 Å². The molecule has 154 valence electrons. The van der Waals surface area contributed by atoms with Crippen molar-refractivity contribution in [2.75, 3.05) is 5.43 Å². The van der Waals surface area contributed by atoms with Crippen LogP contribution in [-0.2, 0) is 0 Å². The standard InChI is InChI=1S/C19H15Cl2N5O4/c1-10-7-14(8-11(2)15(10)21)30-19-16(26(28)29)17(22-9-23-19)24-25-18(27)12-3-5-13(20)6-4-12/h3-9H,1-2H3,(H,25,27)(H,22,23,24).